The van der Waals surface area contributed by atoms with Crippen molar-refractivity contribution in [3.8, 4) is 5.75 Å². The Morgan fingerprint density at radius 1 is 1.23 bits per heavy atom. The van der Waals surface area contributed by atoms with Crippen molar-refractivity contribution < 1.29 is 9.53 Å². The molecule has 1 N–H and O–H groups in total. The minimum absolute atomic E-state index is 0.0340. The van der Waals surface area contributed by atoms with Gasteiger partial charge in [-0.25, -0.2) is 4.79 Å². The SMILES string of the molecule is CC(C)(C)c1cccc(OCCNC(=O)N2CCCCC2)c1. The largest absolute Gasteiger partial charge is 0.492 e. The minimum Gasteiger partial charge on any atom is -0.492 e. The Labute approximate surface area is 133 Å². The van der Waals surface area contributed by atoms with Crippen molar-refractivity contribution in [3.05, 3.63) is 29.8 Å². The van der Waals surface area contributed by atoms with Crippen LogP contribution in [0.15, 0.2) is 24.3 Å². The van der Waals surface area contributed by atoms with E-state index in [1.165, 1.54) is 12.0 Å². The molecule has 0 bridgehead atoms. The molecule has 2 amide bonds. The lowest BCUT2D eigenvalue weighted by molar-refractivity contribution is 0.184. The van der Waals surface area contributed by atoms with Gasteiger partial charge in [0.1, 0.15) is 12.4 Å². The Bertz CT molecular complexity index is 488. The lowest BCUT2D eigenvalue weighted by Crippen LogP contribution is -2.43. The molecule has 1 aromatic rings. The molecule has 1 aliphatic heterocycles. The van der Waals surface area contributed by atoms with Gasteiger partial charge in [0, 0.05) is 13.1 Å². The molecule has 4 heteroatoms. The second-order valence-electron chi connectivity index (χ2n) is 6.91. The van der Waals surface area contributed by atoms with E-state index >= 15 is 0 Å². The Hall–Kier alpha value is -1.71. The van der Waals surface area contributed by atoms with Crippen LogP contribution in [0.2, 0.25) is 0 Å². The number of nitrogens with zero attached hydrogens (tertiary/aromatic N) is 1. The predicted molar refractivity (Wildman–Crippen MR) is 89.5 cm³/mol. The molecule has 0 aromatic heterocycles. The zero-order valence-electron chi connectivity index (χ0n) is 14.0. The van der Waals surface area contributed by atoms with Gasteiger partial charge < -0.3 is 15.0 Å². The molecule has 0 saturated carbocycles. The Balaban J connectivity index is 1.73. The van der Waals surface area contributed by atoms with Crippen LogP contribution in [-0.4, -0.2) is 37.2 Å². The standard InChI is InChI=1S/C18H28N2O2/c1-18(2,3)15-8-7-9-16(14-15)22-13-10-19-17(21)20-11-5-4-6-12-20/h7-9,14H,4-6,10-13H2,1-3H3,(H,19,21). The van der Waals surface area contributed by atoms with Crippen LogP contribution >= 0.6 is 0 Å². The molecule has 1 heterocycles. The highest BCUT2D eigenvalue weighted by atomic mass is 16.5. The predicted octanol–water partition coefficient (Wildman–Crippen LogP) is 3.56. The smallest absolute Gasteiger partial charge is 0.317 e. The van der Waals surface area contributed by atoms with E-state index in [1.54, 1.807) is 0 Å². The maximum atomic E-state index is 12.0. The van der Waals surface area contributed by atoms with E-state index in [9.17, 15) is 4.79 Å². The van der Waals surface area contributed by atoms with Gasteiger partial charge in [-0.3, -0.25) is 0 Å². The van der Waals surface area contributed by atoms with Crippen molar-refractivity contribution in [1.29, 1.82) is 0 Å². The summed E-state index contributed by atoms with van der Waals surface area (Å²) < 4.78 is 5.75. The summed E-state index contributed by atoms with van der Waals surface area (Å²) in [5, 5.41) is 2.93. The van der Waals surface area contributed by atoms with Crippen molar-refractivity contribution in [2.45, 2.75) is 45.4 Å². The van der Waals surface area contributed by atoms with E-state index in [-0.39, 0.29) is 11.4 Å². The number of benzene rings is 1. The molecule has 1 aromatic carbocycles. The molecule has 0 radical (unpaired) electrons. The van der Waals surface area contributed by atoms with Crippen LogP contribution in [-0.2, 0) is 5.41 Å². The fraction of sp³-hybridized carbons (Fsp3) is 0.611. The summed E-state index contributed by atoms with van der Waals surface area (Å²) in [5.41, 5.74) is 1.37. The van der Waals surface area contributed by atoms with Gasteiger partial charge in [0.15, 0.2) is 0 Å². The third kappa shape index (κ3) is 4.93. The van der Waals surface area contributed by atoms with Gasteiger partial charge in [0.25, 0.3) is 0 Å². The molecule has 0 spiro atoms. The molecule has 4 nitrogen and oxygen atoms in total. The molecule has 1 fully saturated rings. The van der Waals surface area contributed by atoms with Crippen molar-refractivity contribution in [3.63, 3.8) is 0 Å². The molecular formula is C18H28N2O2. The van der Waals surface area contributed by atoms with Crippen LogP contribution in [0, 0.1) is 0 Å². The van der Waals surface area contributed by atoms with Gasteiger partial charge in [-0.2, -0.15) is 0 Å². The van der Waals surface area contributed by atoms with Gasteiger partial charge in [0.2, 0.25) is 0 Å². The summed E-state index contributed by atoms with van der Waals surface area (Å²) in [7, 11) is 0. The maximum Gasteiger partial charge on any atom is 0.317 e. The molecule has 122 valence electrons. The number of ether oxygens (including phenoxy) is 1. The van der Waals surface area contributed by atoms with E-state index in [2.05, 4.69) is 38.2 Å². The van der Waals surface area contributed by atoms with E-state index in [1.807, 2.05) is 17.0 Å². The van der Waals surface area contributed by atoms with Gasteiger partial charge in [-0.05, 0) is 42.4 Å². The highest BCUT2D eigenvalue weighted by molar-refractivity contribution is 5.74. The van der Waals surface area contributed by atoms with Gasteiger partial charge >= 0.3 is 6.03 Å². The molecule has 0 aliphatic carbocycles. The molecular weight excluding hydrogens is 276 g/mol. The average molecular weight is 304 g/mol. The topological polar surface area (TPSA) is 41.6 Å². The quantitative estimate of drug-likeness (QED) is 0.864. The molecule has 0 atom stereocenters. The maximum absolute atomic E-state index is 12.0. The van der Waals surface area contributed by atoms with Crippen molar-refractivity contribution >= 4 is 6.03 Å². The molecule has 22 heavy (non-hydrogen) atoms. The van der Waals surface area contributed by atoms with Crippen LogP contribution in [0.4, 0.5) is 4.79 Å². The summed E-state index contributed by atoms with van der Waals surface area (Å²) >= 11 is 0. The fourth-order valence-electron chi connectivity index (χ4n) is 2.59. The lowest BCUT2D eigenvalue weighted by Gasteiger charge is -2.26. The van der Waals surface area contributed by atoms with E-state index < -0.39 is 0 Å². The molecule has 1 saturated heterocycles. The highest BCUT2D eigenvalue weighted by Gasteiger charge is 2.16. The first-order valence-electron chi connectivity index (χ1n) is 8.23. The summed E-state index contributed by atoms with van der Waals surface area (Å²) in [4.78, 5) is 13.8. The number of amides is 2. The molecule has 2 rings (SSSR count). The number of rotatable bonds is 4. The first-order chi connectivity index (χ1) is 10.5. The number of urea groups is 1. The number of piperidine rings is 1. The highest BCUT2D eigenvalue weighted by Crippen LogP contribution is 2.25. The first-order valence-corrected chi connectivity index (χ1v) is 8.23. The second kappa shape index (κ2) is 7.52. The summed E-state index contributed by atoms with van der Waals surface area (Å²) in [6.45, 7) is 9.34. The third-order valence-corrected chi connectivity index (χ3v) is 3.99. The number of hydrogen-bond acceptors (Lipinski definition) is 2. The lowest BCUT2D eigenvalue weighted by atomic mass is 9.87. The number of nitrogens with one attached hydrogen (secondary N) is 1. The number of carbonyl (C=O) groups excluding carboxylic acids is 1. The Kier molecular flexibility index (Phi) is 5.69. The van der Waals surface area contributed by atoms with Crippen LogP contribution in [0.25, 0.3) is 0 Å². The van der Waals surface area contributed by atoms with Gasteiger partial charge in [0.05, 0.1) is 6.54 Å². The second-order valence-corrected chi connectivity index (χ2v) is 6.91. The fourth-order valence-corrected chi connectivity index (χ4v) is 2.59. The van der Waals surface area contributed by atoms with Gasteiger partial charge in [-0.1, -0.05) is 32.9 Å². The zero-order chi connectivity index (χ0) is 16.0. The molecule has 0 unspecified atom stereocenters. The van der Waals surface area contributed by atoms with E-state index in [4.69, 9.17) is 4.74 Å². The van der Waals surface area contributed by atoms with Crippen LogP contribution < -0.4 is 10.1 Å². The van der Waals surface area contributed by atoms with Crippen LogP contribution in [0.5, 0.6) is 5.75 Å². The van der Waals surface area contributed by atoms with Crippen LogP contribution in [0.3, 0.4) is 0 Å². The van der Waals surface area contributed by atoms with E-state index in [0.717, 1.165) is 31.7 Å². The zero-order valence-corrected chi connectivity index (χ0v) is 14.0. The monoisotopic (exact) mass is 304 g/mol. The summed E-state index contributed by atoms with van der Waals surface area (Å²) in [6.07, 6.45) is 3.46. The summed E-state index contributed by atoms with van der Waals surface area (Å²) in [5.74, 6) is 0.861. The number of likely N-dealkylation sites (tertiary alicyclic amines) is 1. The van der Waals surface area contributed by atoms with Crippen molar-refractivity contribution in [1.82, 2.24) is 10.2 Å². The first kappa shape index (κ1) is 16.7. The Morgan fingerprint density at radius 2 is 1.95 bits per heavy atom. The van der Waals surface area contributed by atoms with Crippen molar-refractivity contribution in [2.24, 2.45) is 0 Å². The normalized spacial score (nSPS) is 15.5. The third-order valence-electron chi connectivity index (χ3n) is 3.99. The van der Waals surface area contributed by atoms with Gasteiger partial charge in [-0.15, -0.1) is 0 Å². The summed E-state index contributed by atoms with van der Waals surface area (Å²) in [6, 6.07) is 8.20. The number of carbonyl (C=O) groups is 1. The number of hydrogen-bond donors (Lipinski definition) is 1. The van der Waals surface area contributed by atoms with Crippen molar-refractivity contribution in [2.75, 3.05) is 26.2 Å². The Morgan fingerprint density at radius 3 is 2.64 bits per heavy atom. The van der Waals surface area contributed by atoms with Crippen LogP contribution in [0.1, 0.15) is 45.6 Å². The average Bonchev–Trinajstić information content (AvgIpc) is 2.52. The minimum atomic E-state index is 0.0340. The van der Waals surface area contributed by atoms with E-state index in [0.29, 0.717) is 13.2 Å². The molecule has 1 aliphatic rings.